The average molecular weight is 463 g/mol. The van der Waals surface area contributed by atoms with Crippen molar-refractivity contribution in [2.24, 2.45) is 0 Å². The van der Waals surface area contributed by atoms with Gasteiger partial charge in [-0.25, -0.2) is 9.97 Å². The molecule has 8 rings (SSSR count). The second-order valence-corrected chi connectivity index (χ2v) is 9.73. The number of hydrogen-bond acceptors (Lipinski definition) is 2. The predicted molar refractivity (Wildman–Crippen MR) is 151 cm³/mol. The highest BCUT2D eigenvalue weighted by Gasteiger charge is 2.13. The van der Waals surface area contributed by atoms with E-state index in [2.05, 4.69) is 94.9 Å². The van der Waals surface area contributed by atoms with Gasteiger partial charge in [0, 0.05) is 16.2 Å². The summed E-state index contributed by atoms with van der Waals surface area (Å²) in [5.74, 6) is 1.88. The molecule has 0 atom stereocenters. The van der Waals surface area contributed by atoms with Gasteiger partial charge in [-0.3, -0.25) is 0 Å². The van der Waals surface area contributed by atoms with Gasteiger partial charge in [-0.15, -0.1) is 0 Å². The number of rotatable bonds is 1. The van der Waals surface area contributed by atoms with Gasteiger partial charge < -0.3 is 9.97 Å². The quantitative estimate of drug-likeness (QED) is 0.241. The van der Waals surface area contributed by atoms with Crippen molar-refractivity contribution in [1.82, 2.24) is 19.9 Å². The number of imidazole rings is 2. The van der Waals surface area contributed by atoms with Gasteiger partial charge in [-0.05, 0) is 70.1 Å². The molecule has 0 saturated carbocycles. The molecule has 170 valence electrons. The maximum Gasteiger partial charge on any atom is 0.104 e. The van der Waals surface area contributed by atoms with Crippen molar-refractivity contribution >= 4 is 65.2 Å². The third-order valence-electron chi connectivity index (χ3n) is 7.50. The van der Waals surface area contributed by atoms with Crippen LogP contribution in [0, 0.1) is 13.8 Å². The van der Waals surface area contributed by atoms with Gasteiger partial charge in [-0.2, -0.15) is 0 Å². The monoisotopic (exact) mass is 462 g/mol. The molecule has 0 aliphatic heterocycles. The number of nitrogens with one attached hydrogen (secondary N) is 2. The minimum absolute atomic E-state index is 0.941. The molecule has 0 amide bonds. The maximum absolute atomic E-state index is 4.79. The molecule has 0 aliphatic rings. The molecule has 0 aliphatic carbocycles. The van der Waals surface area contributed by atoms with Crippen molar-refractivity contribution in [1.29, 1.82) is 0 Å². The molecular formula is C32H22N4. The fourth-order valence-electron chi connectivity index (χ4n) is 5.89. The van der Waals surface area contributed by atoms with E-state index in [1.54, 1.807) is 0 Å². The first-order valence-electron chi connectivity index (χ1n) is 12.3. The molecule has 4 nitrogen and oxygen atoms in total. The van der Waals surface area contributed by atoms with E-state index in [4.69, 9.17) is 9.97 Å². The number of hydrogen-bond donors (Lipinski definition) is 2. The Morgan fingerprint density at radius 2 is 1.14 bits per heavy atom. The lowest BCUT2D eigenvalue weighted by Crippen LogP contribution is -1.85. The van der Waals surface area contributed by atoms with Crippen LogP contribution in [0.15, 0.2) is 84.9 Å². The number of benzene rings is 6. The topological polar surface area (TPSA) is 57.4 Å². The van der Waals surface area contributed by atoms with Gasteiger partial charge in [-0.1, -0.05) is 66.7 Å². The third-order valence-corrected chi connectivity index (χ3v) is 7.50. The van der Waals surface area contributed by atoms with Crippen molar-refractivity contribution in [3.8, 4) is 11.1 Å². The van der Waals surface area contributed by atoms with Crippen LogP contribution < -0.4 is 0 Å². The molecule has 0 radical (unpaired) electrons. The number of nitrogens with zero attached hydrogens (tertiary/aromatic N) is 2. The summed E-state index contributed by atoms with van der Waals surface area (Å²) in [6.45, 7) is 4.02. The SMILES string of the molecule is Cc1nc2c(ccc3c4ccc(-c5ccc6c(c5)c5ccccc5c5nc(C)[nH]c65)cc4ccc32)[nH]1. The summed E-state index contributed by atoms with van der Waals surface area (Å²) in [5, 5.41) is 9.78. The minimum Gasteiger partial charge on any atom is -0.342 e. The van der Waals surface area contributed by atoms with Gasteiger partial charge in [0.25, 0.3) is 0 Å². The fourth-order valence-corrected chi connectivity index (χ4v) is 5.89. The largest absolute Gasteiger partial charge is 0.342 e. The molecule has 0 fully saturated rings. The maximum atomic E-state index is 4.79. The van der Waals surface area contributed by atoms with Crippen LogP contribution in [0.4, 0.5) is 0 Å². The Labute approximate surface area is 206 Å². The first-order valence-corrected chi connectivity index (χ1v) is 12.3. The van der Waals surface area contributed by atoms with E-state index in [0.29, 0.717) is 0 Å². The van der Waals surface area contributed by atoms with E-state index in [1.807, 2.05) is 13.8 Å². The minimum atomic E-state index is 0.941. The molecular weight excluding hydrogens is 440 g/mol. The van der Waals surface area contributed by atoms with Crippen LogP contribution in [0.3, 0.4) is 0 Å². The van der Waals surface area contributed by atoms with E-state index in [1.165, 1.54) is 54.2 Å². The molecule has 0 bridgehead atoms. The van der Waals surface area contributed by atoms with E-state index in [0.717, 1.165) is 33.7 Å². The van der Waals surface area contributed by atoms with E-state index < -0.39 is 0 Å². The van der Waals surface area contributed by atoms with Crippen molar-refractivity contribution in [2.45, 2.75) is 13.8 Å². The van der Waals surface area contributed by atoms with Crippen molar-refractivity contribution in [3.05, 3.63) is 96.6 Å². The number of fused-ring (bicyclic) bond motifs is 11. The average Bonchev–Trinajstić information content (AvgIpc) is 3.49. The molecule has 6 aromatic carbocycles. The van der Waals surface area contributed by atoms with Crippen LogP contribution in [0.1, 0.15) is 11.6 Å². The summed E-state index contributed by atoms with van der Waals surface area (Å²) in [4.78, 5) is 16.4. The number of aryl methyl sites for hydroxylation is 2. The highest BCUT2D eigenvalue weighted by Crippen LogP contribution is 2.37. The predicted octanol–water partition coefficient (Wildman–Crippen LogP) is 8.34. The molecule has 36 heavy (non-hydrogen) atoms. The Kier molecular flexibility index (Phi) is 3.77. The van der Waals surface area contributed by atoms with E-state index in [-0.39, 0.29) is 0 Å². The Hall–Kier alpha value is -4.70. The van der Waals surface area contributed by atoms with Gasteiger partial charge in [0.1, 0.15) is 11.6 Å². The highest BCUT2D eigenvalue weighted by molar-refractivity contribution is 6.24. The molecule has 0 spiro atoms. The molecule has 2 N–H and O–H groups in total. The molecule has 2 aromatic heterocycles. The van der Waals surface area contributed by atoms with Crippen molar-refractivity contribution in [2.75, 3.05) is 0 Å². The number of aromatic nitrogens is 4. The standard InChI is InChI=1S/C32H22N4/c1-17-33-29-14-13-24-22-10-7-19(15-21(22)9-12-26(24)30(29)34-17)20-8-11-27-28(16-20)23-5-3-4-6-25(23)31-32(27)36-18(2)35-31/h3-16H,1-2H3,(H,33,34)(H,35,36). The first-order chi connectivity index (χ1) is 17.6. The van der Waals surface area contributed by atoms with E-state index in [9.17, 15) is 0 Å². The van der Waals surface area contributed by atoms with Crippen molar-refractivity contribution in [3.63, 3.8) is 0 Å². The van der Waals surface area contributed by atoms with Gasteiger partial charge in [0.15, 0.2) is 0 Å². The highest BCUT2D eigenvalue weighted by atomic mass is 14.9. The zero-order valence-corrected chi connectivity index (χ0v) is 20.0. The summed E-state index contributed by atoms with van der Waals surface area (Å²) in [6, 6.07) is 30.9. The Morgan fingerprint density at radius 1 is 0.500 bits per heavy atom. The lowest BCUT2D eigenvalue weighted by atomic mass is 9.94. The molecule has 8 aromatic rings. The van der Waals surface area contributed by atoms with Crippen molar-refractivity contribution < 1.29 is 0 Å². The molecule has 0 unspecified atom stereocenters. The second-order valence-electron chi connectivity index (χ2n) is 9.73. The summed E-state index contributed by atoms with van der Waals surface area (Å²) < 4.78 is 0. The Balaban J connectivity index is 1.36. The van der Waals surface area contributed by atoms with Gasteiger partial charge in [0.2, 0.25) is 0 Å². The summed E-state index contributed by atoms with van der Waals surface area (Å²) >= 11 is 0. The molecule has 2 heterocycles. The molecule has 0 saturated heterocycles. The summed E-state index contributed by atoms with van der Waals surface area (Å²) in [7, 11) is 0. The Bertz CT molecular complexity index is 2180. The van der Waals surface area contributed by atoms with E-state index >= 15 is 0 Å². The number of aromatic amines is 2. The normalized spacial score (nSPS) is 12.2. The first kappa shape index (κ1) is 19.6. The smallest absolute Gasteiger partial charge is 0.104 e. The van der Waals surface area contributed by atoms with Gasteiger partial charge in [0.05, 0.1) is 22.1 Å². The fraction of sp³-hybridized carbons (Fsp3) is 0.0625. The van der Waals surface area contributed by atoms with Crippen LogP contribution in [0.2, 0.25) is 0 Å². The second kappa shape index (κ2) is 6.92. The van der Waals surface area contributed by atoms with Crippen LogP contribution in [-0.4, -0.2) is 19.9 Å². The van der Waals surface area contributed by atoms with Crippen LogP contribution >= 0.6 is 0 Å². The Morgan fingerprint density at radius 3 is 2.03 bits per heavy atom. The lowest BCUT2D eigenvalue weighted by Gasteiger charge is -2.11. The summed E-state index contributed by atoms with van der Waals surface area (Å²) in [5.41, 5.74) is 6.70. The zero-order chi connectivity index (χ0) is 24.0. The zero-order valence-electron chi connectivity index (χ0n) is 20.0. The lowest BCUT2D eigenvalue weighted by molar-refractivity contribution is 1.17. The number of H-pyrrole nitrogens is 2. The van der Waals surface area contributed by atoms with Crippen LogP contribution in [-0.2, 0) is 0 Å². The van der Waals surface area contributed by atoms with Crippen LogP contribution in [0.25, 0.3) is 76.3 Å². The van der Waals surface area contributed by atoms with Gasteiger partial charge >= 0.3 is 0 Å². The molecule has 4 heteroatoms. The van der Waals surface area contributed by atoms with Crippen LogP contribution in [0.5, 0.6) is 0 Å². The summed E-state index contributed by atoms with van der Waals surface area (Å²) in [6.07, 6.45) is 0. The third kappa shape index (κ3) is 2.64.